The highest BCUT2D eigenvalue weighted by molar-refractivity contribution is 6.20. The predicted octanol–water partition coefficient (Wildman–Crippen LogP) is 17.5. The van der Waals surface area contributed by atoms with Crippen LogP contribution in [0.15, 0.2) is 231 Å². The molecular weight excluding hydrogens is 785 g/mol. The van der Waals surface area contributed by atoms with Crippen molar-refractivity contribution in [1.82, 2.24) is 0 Å². The van der Waals surface area contributed by atoms with E-state index in [2.05, 4.69) is 268 Å². The third-order valence-electron chi connectivity index (χ3n) is 13.7. The smallest absolute Gasteiger partial charge is 0.0720 e. The van der Waals surface area contributed by atoms with Crippen LogP contribution in [-0.2, 0) is 5.41 Å². The van der Waals surface area contributed by atoms with Crippen molar-refractivity contribution < 1.29 is 0 Å². The molecule has 0 radical (unpaired) electrons. The van der Waals surface area contributed by atoms with Gasteiger partial charge in [0.05, 0.1) is 5.41 Å². The number of nitrogens with zero attached hydrogens (tertiary/aromatic N) is 2. The van der Waals surface area contributed by atoms with Gasteiger partial charge in [-0.05, 0) is 151 Å². The summed E-state index contributed by atoms with van der Waals surface area (Å²) >= 11 is 0. The van der Waals surface area contributed by atoms with Gasteiger partial charge < -0.3 is 9.80 Å². The van der Waals surface area contributed by atoms with Gasteiger partial charge in [-0.1, -0.05) is 185 Å². The first kappa shape index (κ1) is 40.1. The van der Waals surface area contributed by atoms with E-state index in [1.54, 1.807) is 0 Å². The van der Waals surface area contributed by atoms with Crippen LogP contribution >= 0.6 is 0 Å². The van der Waals surface area contributed by atoms with Crippen LogP contribution in [0.1, 0.15) is 72.9 Å². The zero-order valence-electron chi connectivity index (χ0n) is 37.5. The number of hydrogen-bond donors (Lipinski definition) is 0. The quantitative estimate of drug-likeness (QED) is 0.127. The molecule has 10 aromatic rings. The second-order valence-electron chi connectivity index (χ2n) is 18.1. The molecule has 0 saturated carbocycles. The predicted molar refractivity (Wildman–Crippen MR) is 276 cm³/mol. The summed E-state index contributed by atoms with van der Waals surface area (Å²) in [5.41, 5.74) is 16.4. The van der Waals surface area contributed by atoms with E-state index < -0.39 is 5.41 Å². The zero-order valence-corrected chi connectivity index (χ0v) is 37.5. The fourth-order valence-corrected chi connectivity index (χ4v) is 10.5. The highest BCUT2D eigenvalue weighted by atomic mass is 15.1. The summed E-state index contributed by atoms with van der Waals surface area (Å²) in [5.74, 6) is 0.902. The number of para-hydroxylation sites is 2. The Bertz CT molecular complexity index is 3240. The first-order chi connectivity index (χ1) is 31.9. The van der Waals surface area contributed by atoms with E-state index in [0.717, 1.165) is 34.1 Å². The highest BCUT2D eigenvalue weighted by Gasteiger charge is 2.48. The van der Waals surface area contributed by atoms with Gasteiger partial charge in [0.2, 0.25) is 0 Å². The average Bonchev–Trinajstić information content (AvgIpc) is 3.67. The molecule has 0 spiro atoms. The van der Waals surface area contributed by atoms with E-state index in [4.69, 9.17) is 0 Å². The average molecular weight is 837 g/mol. The third kappa shape index (κ3) is 6.71. The number of hydrogen-bond acceptors (Lipinski definition) is 2. The number of fused-ring (bicyclic) bond motifs is 8. The minimum absolute atomic E-state index is 0.448. The summed E-state index contributed by atoms with van der Waals surface area (Å²) in [7, 11) is 0. The second kappa shape index (κ2) is 16.5. The van der Waals surface area contributed by atoms with Gasteiger partial charge in [-0.2, -0.15) is 0 Å². The third-order valence-corrected chi connectivity index (χ3v) is 13.7. The summed E-state index contributed by atoms with van der Waals surface area (Å²) in [6.45, 7) is 9.03. The molecule has 0 aromatic heterocycles. The Labute approximate surface area is 383 Å². The van der Waals surface area contributed by atoms with Crippen molar-refractivity contribution in [1.29, 1.82) is 0 Å². The van der Waals surface area contributed by atoms with Crippen LogP contribution in [0.5, 0.6) is 0 Å². The van der Waals surface area contributed by atoms with Gasteiger partial charge in [0, 0.05) is 34.1 Å². The van der Waals surface area contributed by atoms with Gasteiger partial charge >= 0.3 is 0 Å². The molecule has 10 aromatic carbocycles. The summed E-state index contributed by atoms with van der Waals surface area (Å²) in [6, 6.07) is 85.8. The molecule has 2 nitrogen and oxygen atoms in total. The van der Waals surface area contributed by atoms with Crippen molar-refractivity contribution in [2.24, 2.45) is 0 Å². The molecule has 0 N–H and O–H groups in total. The van der Waals surface area contributed by atoms with Crippen molar-refractivity contribution >= 4 is 55.7 Å². The molecular formula is C63H52N2. The summed E-state index contributed by atoms with van der Waals surface area (Å²) < 4.78 is 0. The Kier molecular flexibility index (Phi) is 10.2. The fourth-order valence-electron chi connectivity index (χ4n) is 10.5. The second-order valence-corrected chi connectivity index (χ2v) is 18.1. The zero-order chi connectivity index (χ0) is 44.1. The topological polar surface area (TPSA) is 6.48 Å². The largest absolute Gasteiger partial charge is 0.310 e. The first-order valence-corrected chi connectivity index (χ1v) is 23.1. The van der Waals surface area contributed by atoms with E-state index in [1.807, 2.05) is 0 Å². The standard InChI is InChI=1S/C63H52N2/c1-43(2)45-29-33-51(34-30-45)64(49-23-13-7-14-24-49)53-37-39-57-59(41-53)55-27-17-18-28-56(55)61-58-40-38-54(65(50-25-15-8-16-26-50)52-35-31-46(32-36-52)44(3)4)42-60(58)63(62(57)61,47-19-9-5-10-20-47)48-21-11-6-12-22-48/h5-44H,1-4H3. The number of benzene rings is 10. The van der Waals surface area contributed by atoms with E-state index in [9.17, 15) is 0 Å². The van der Waals surface area contributed by atoms with Gasteiger partial charge in [0.25, 0.3) is 0 Å². The highest BCUT2D eigenvalue weighted by Crippen LogP contribution is 2.61. The van der Waals surface area contributed by atoms with Crippen LogP contribution < -0.4 is 9.80 Å². The SMILES string of the molecule is CC(C)c1ccc(N(c2ccccc2)c2ccc3c(c2)C(c2ccccc2)(c2ccccc2)c2c-3c3ccccc3c3cc(N(c4ccccc4)c4ccc(C(C)C)cc4)ccc23)cc1. The molecule has 0 heterocycles. The van der Waals surface area contributed by atoms with Crippen LogP contribution in [0.3, 0.4) is 0 Å². The van der Waals surface area contributed by atoms with Crippen LogP contribution in [-0.4, -0.2) is 0 Å². The van der Waals surface area contributed by atoms with E-state index in [0.29, 0.717) is 11.8 Å². The summed E-state index contributed by atoms with van der Waals surface area (Å²) in [6.07, 6.45) is 0. The molecule has 1 aliphatic carbocycles. The van der Waals surface area contributed by atoms with Gasteiger partial charge in [0.1, 0.15) is 0 Å². The fraction of sp³-hybridized carbons (Fsp3) is 0.111. The normalized spacial score (nSPS) is 12.7. The molecule has 11 rings (SSSR count). The Hall–Kier alpha value is -7.68. The van der Waals surface area contributed by atoms with Crippen LogP contribution in [0.2, 0.25) is 0 Å². The van der Waals surface area contributed by atoms with Crippen LogP contribution in [0.4, 0.5) is 34.1 Å². The molecule has 0 saturated heterocycles. The molecule has 2 heteroatoms. The lowest BCUT2D eigenvalue weighted by atomic mass is 9.66. The van der Waals surface area contributed by atoms with E-state index in [-0.39, 0.29) is 0 Å². The summed E-state index contributed by atoms with van der Waals surface area (Å²) in [5, 5.41) is 4.98. The van der Waals surface area contributed by atoms with E-state index in [1.165, 1.54) is 66.1 Å². The van der Waals surface area contributed by atoms with Gasteiger partial charge in [-0.3, -0.25) is 0 Å². The van der Waals surface area contributed by atoms with Gasteiger partial charge in [-0.15, -0.1) is 0 Å². The molecule has 0 aliphatic heterocycles. The molecule has 0 amide bonds. The Morgan fingerprint density at radius 3 is 1.22 bits per heavy atom. The minimum Gasteiger partial charge on any atom is -0.310 e. The molecule has 0 fully saturated rings. The van der Waals surface area contributed by atoms with Crippen molar-refractivity contribution in [3.05, 3.63) is 264 Å². The maximum atomic E-state index is 2.49. The molecule has 314 valence electrons. The van der Waals surface area contributed by atoms with Crippen LogP contribution in [0.25, 0.3) is 32.7 Å². The molecule has 0 unspecified atom stereocenters. The first-order valence-electron chi connectivity index (χ1n) is 23.1. The molecule has 65 heavy (non-hydrogen) atoms. The summed E-state index contributed by atoms with van der Waals surface area (Å²) in [4.78, 5) is 4.82. The van der Waals surface area contributed by atoms with Crippen molar-refractivity contribution in [3.8, 4) is 11.1 Å². The molecule has 1 aliphatic rings. The van der Waals surface area contributed by atoms with Crippen molar-refractivity contribution in [2.75, 3.05) is 9.80 Å². The van der Waals surface area contributed by atoms with E-state index >= 15 is 0 Å². The lowest BCUT2D eigenvalue weighted by Crippen LogP contribution is -2.29. The maximum Gasteiger partial charge on any atom is 0.0720 e. The lowest BCUT2D eigenvalue weighted by Gasteiger charge is -2.36. The van der Waals surface area contributed by atoms with Crippen molar-refractivity contribution in [2.45, 2.75) is 44.9 Å². The van der Waals surface area contributed by atoms with Crippen molar-refractivity contribution in [3.63, 3.8) is 0 Å². The van der Waals surface area contributed by atoms with Crippen LogP contribution in [0, 0.1) is 0 Å². The van der Waals surface area contributed by atoms with Gasteiger partial charge in [0.15, 0.2) is 0 Å². The minimum atomic E-state index is -0.650. The molecule has 0 bridgehead atoms. The Balaban J connectivity index is 1.22. The number of anilines is 6. The monoisotopic (exact) mass is 836 g/mol. The number of rotatable bonds is 10. The maximum absolute atomic E-state index is 2.49. The Morgan fingerprint density at radius 2 is 0.723 bits per heavy atom. The Morgan fingerprint density at radius 1 is 0.323 bits per heavy atom. The lowest BCUT2D eigenvalue weighted by molar-refractivity contribution is 0.776. The van der Waals surface area contributed by atoms with Gasteiger partial charge in [-0.25, -0.2) is 0 Å². The molecule has 0 atom stereocenters.